The van der Waals surface area contributed by atoms with Crippen molar-refractivity contribution in [2.45, 2.75) is 19.9 Å². The van der Waals surface area contributed by atoms with Gasteiger partial charge < -0.3 is 29.3 Å². The largest absolute Gasteiger partial charge is 0.497 e. The lowest BCUT2D eigenvalue weighted by atomic mass is 9.97. The molecule has 0 aromatic heterocycles. The van der Waals surface area contributed by atoms with Crippen LogP contribution in [0.5, 0.6) is 17.2 Å². The fourth-order valence-electron chi connectivity index (χ4n) is 3.75. The summed E-state index contributed by atoms with van der Waals surface area (Å²) >= 11 is 0. The summed E-state index contributed by atoms with van der Waals surface area (Å²) in [6.45, 7) is 4.28. The zero-order chi connectivity index (χ0) is 24.0. The van der Waals surface area contributed by atoms with Gasteiger partial charge in [-0.15, -0.1) is 0 Å². The Labute approximate surface area is 195 Å². The van der Waals surface area contributed by atoms with Crippen LogP contribution in [0, 0.1) is 0 Å². The highest BCUT2D eigenvalue weighted by Gasteiger charge is 2.25. The van der Waals surface area contributed by atoms with Gasteiger partial charge in [0.25, 0.3) is 5.91 Å². The molecule has 0 saturated heterocycles. The number of methoxy groups -OCH3 is 2. The molecule has 33 heavy (non-hydrogen) atoms. The number of nitrogens with zero attached hydrogens (tertiary/aromatic N) is 2. The van der Waals surface area contributed by atoms with E-state index in [4.69, 9.17) is 14.2 Å². The molecular formula is C25H33N3O5. The van der Waals surface area contributed by atoms with Gasteiger partial charge in [-0.05, 0) is 49.5 Å². The molecule has 2 aromatic rings. The van der Waals surface area contributed by atoms with E-state index in [0.717, 1.165) is 23.2 Å². The average molecular weight is 456 g/mol. The summed E-state index contributed by atoms with van der Waals surface area (Å²) < 4.78 is 16.9. The molecule has 1 aliphatic rings. The second kappa shape index (κ2) is 11.0. The molecule has 2 amide bonds. The molecule has 0 spiro atoms. The molecule has 1 N–H and O–H groups in total. The second-order valence-electron chi connectivity index (χ2n) is 8.19. The van der Waals surface area contributed by atoms with Crippen LogP contribution in [0.2, 0.25) is 0 Å². The van der Waals surface area contributed by atoms with Crippen molar-refractivity contribution < 1.29 is 23.8 Å². The van der Waals surface area contributed by atoms with Crippen LogP contribution in [0.1, 0.15) is 29.3 Å². The van der Waals surface area contributed by atoms with Crippen molar-refractivity contribution in [1.82, 2.24) is 15.1 Å². The van der Waals surface area contributed by atoms with Gasteiger partial charge in [0.15, 0.2) is 0 Å². The van der Waals surface area contributed by atoms with Crippen LogP contribution in [0.3, 0.4) is 0 Å². The van der Waals surface area contributed by atoms with Crippen molar-refractivity contribution in [3.63, 3.8) is 0 Å². The zero-order valence-electron chi connectivity index (χ0n) is 20.1. The van der Waals surface area contributed by atoms with Gasteiger partial charge in [0.05, 0.1) is 26.3 Å². The molecule has 8 nitrogen and oxygen atoms in total. The van der Waals surface area contributed by atoms with Gasteiger partial charge in [0, 0.05) is 37.7 Å². The predicted octanol–water partition coefficient (Wildman–Crippen LogP) is 2.79. The van der Waals surface area contributed by atoms with Crippen molar-refractivity contribution in [2.75, 3.05) is 54.6 Å². The third-order valence-electron chi connectivity index (χ3n) is 5.56. The zero-order valence-corrected chi connectivity index (χ0v) is 20.1. The minimum atomic E-state index is -0.208. The number of amides is 2. The Kier molecular flexibility index (Phi) is 8.16. The van der Waals surface area contributed by atoms with Gasteiger partial charge in [0.2, 0.25) is 5.91 Å². The summed E-state index contributed by atoms with van der Waals surface area (Å²) in [5.41, 5.74) is 2.91. The van der Waals surface area contributed by atoms with Crippen molar-refractivity contribution in [2.24, 2.45) is 0 Å². The molecule has 2 aromatic carbocycles. The topological polar surface area (TPSA) is 80.3 Å². The van der Waals surface area contributed by atoms with E-state index < -0.39 is 0 Å². The fourth-order valence-corrected chi connectivity index (χ4v) is 3.75. The van der Waals surface area contributed by atoms with Crippen LogP contribution < -0.4 is 19.5 Å². The van der Waals surface area contributed by atoms with Gasteiger partial charge in [-0.2, -0.15) is 0 Å². The molecule has 0 saturated carbocycles. The molecule has 3 rings (SSSR count). The van der Waals surface area contributed by atoms with Crippen LogP contribution in [-0.2, 0) is 11.3 Å². The van der Waals surface area contributed by atoms with E-state index in [1.165, 1.54) is 0 Å². The third kappa shape index (κ3) is 5.96. The summed E-state index contributed by atoms with van der Waals surface area (Å²) in [6.07, 6.45) is 0.417. The van der Waals surface area contributed by atoms with Crippen molar-refractivity contribution in [1.29, 1.82) is 0 Å². The first-order chi connectivity index (χ1) is 15.9. The number of ether oxygens (including phenoxy) is 3. The average Bonchev–Trinajstić information content (AvgIpc) is 3.04. The predicted molar refractivity (Wildman–Crippen MR) is 127 cm³/mol. The highest BCUT2D eigenvalue weighted by atomic mass is 16.5. The number of benzene rings is 2. The second-order valence-corrected chi connectivity index (χ2v) is 8.19. The van der Waals surface area contributed by atoms with Crippen molar-refractivity contribution in [3.05, 3.63) is 41.5 Å². The summed E-state index contributed by atoms with van der Waals surface area (Å²) in [5.74, 6) is 1.67. The molecular weight excluding hydrogens is 422 g/mol. The van der Waals surface area contributed by atoms with E-state index in [1.807, 2.05) is 50.2 Å². The number of hydrogen-bond acceptors (Lipinski definition) is 6. The van der Waals surface area contributed by atoms with Crippen LogP contribution in [-0.4, -0.2) is 76.2 Å². The number of hydrogen-bond donors (Lipinski definition) is 1. The van der Waals surface area contributed by atoms with Gasteiger partial charge >= 0.3 is 0 Å². The molecule has 0 atom stereocenters. The Balaban J connectivity index is 2.08. The quantitative estimate of drug-likeness (QED) is 0.659. The summed E-state index contributed by atoms with van der Waals surface area (Å²) in [5, 5.41) is 2.98. The molecule has 0 radical (unpaired) electrons. The summed E-state index contributed by atoms with van der Waals surface area (Å²) in [4.78, 5) is 29.4. The van der Waals surface area contributed by atoms with Crippen LogP contribution in [0.25, 0.3) is 11.1 Å². The first-order valence-corrected chi connectivity index (χ1v) is 11.1. The van der Waals surface area contributed by atoms with Gasteiger partial charge in [-0.1, -0.05) is 6.92 Å². The summed E-state index contributed by atoms with van der Waals surface area (Å²) in [7, 11) is 7.11. The Bertz CT molecular complexity index is 984. The van der Waals surface area contributed by atoms with Crippen molar-refractivity contribution >= 4 is 11.8 Å². The molecule has 0 aliphatic carbocycles. The summed E-state index contributed by atoms with van der Waals surface area (Å²) in [6, 6.07) is 9.39. The molecule has 8 heteroatoms. The van der Waals surface area contributed by atoms with Gasteiger partial charge in [0.1, 0.15) is 23.9 Å². The molecule has 0 bridgehead atoms. The number of fused-ring (bicyclic) bond motifs is 1. The molecule has 0 unspecified atom stereocenters. The minimum Gasteiger partial charge on any atom is -0.497 e. The maximum Gasteiger partial charge on any atom is 0.255 e. The lowest BCUT2D eigenvalue weighted by molar-refractivity contribution is -0.131. The Morgan fingerprint density at radius 2 is 1.73 bits per heavy atom. The van der Waals surface area contributed by atoms with Gasteiger partial charge in [-0.25, -0.2) is 0 Å². The lowest BCUT2D eigenvalue weighted by Crippen LogP contribution is -2.31. The first kappa shape index (κ1) is 24.4. The van der Waals surface area contributed by atoms with Crippen molar-refractivity contribution in [3.8, 4) is 28.4 Å². The SMILES string of the molecule is CCC(=O)N1CCOc2c(cc(-c3cc(OC)cc(OC)c3)cc2C(=O)NCCN(C)C)C1. The standard InChI is InChI=1S/C25H33N3O5/c1-6-23(29)28-9-10-33-24-19(16-28)11-17(14-22(24)25(30)26-7-8-27(2)3)18-12-20(31-4)15-21(13-18)32-5/h11-15H,6-10,16H2,1-5H3,(H,26,30). The molecule has 1 heterocycles. The molecule has 178 valence electrons. The Morgan fingerprint density at radius 3 is 2.33 bits per heavy atom. The maximum absolute atomic E-state index is 13.2. The first-order valence-electron chi connectivity index (χ1n) is 11.1. The smallest absolute Gasteiger partial charge is 0.255 e. The molecule has 0 fully saturated rings. The highest BCUT2D eigenvalue weighted by Crippen LogP contribution is 2.36. The minimum absolute atomic E-state index is 0.0527. The van der Waals surface area contributed by atoms with E-state index >= 15 is 0 Å². The van der Waals surface area contributed by atoms with E-state index in [-0.39, 0.29) is 11.8 Å². The highest BCUT2D eigenvalue weighted by molar-refractivity contribution is 5.99. The molecule has 1 aliphatic heterocycles. The van der Waals surface area contributed by atoms with Gasteiger partial charge in [-0.3, -0.25) is 9.59 Å². The van der Waals surface area contributed by atoms with Crippen LogP contribution >= 0.6 is 0 Å². The normalized spacial score (nSPS) is 13.1. The Hall–Kier alpha value is -3.26. The van der Waals surface area contributed by atoms with Crippen LogP contribution in [0.15, 0.2) is 30.3 Å². The number of rotatable bonds is 8. The van der Waals surface area contributed by atoms with E-state index in [0.29, 0.717) is 55.5 Å². The lowest BCUT2D eigenvalue weighted by Gasteiger charge is -2.20. The Morgan fingerprint density at radius 1 is 1.06 bits per heavy atom. The number of nitrogens with one attached hydrogen (secondary N) is 1. The monoisotopic (exact) mass is 455 g/mol. The number of likely N-dealkylation sites (N-methyl/N-ethyl adjacent to an activating group) is 1. The maximum atomic E-state index is 13.2. The number of carbonyl (C=O) groups is 2. The van der Waals surface area contributed by atoms with E-state index in [2.05, 4.69) is 5.32 Å². The number of carbonyl (C=O) groups excluding carboxylic acids is 2. The van der Waals surface area contributed by atoms with Crippen LogP contribution in [0.4, 0.5) is 0 Å². The third-order valence-corrected chi connectivity index (χ3v) is 5.56. The van der Waals surface area contributed by atoms with E-state index in [9.17, 15) is 9.59 Å². The van der Waals surface area contributed by atoms with E-state index in [1.54, 1.807) is 25.2 Å². The fraction of sp³-hybridized carbons (Fsp3) is 0.440.